The Kier molecular flexibility index (Phi) is 6.03. The molecule has 271 valence electrons. The molecule has 0 N–H and O–H groups in total. The molecule has 6 heteroatoms. The molecule has 2 aromatic carbocycles. The predicted molar refractivity (Wildman–Crippen MR) is 220 cm³/mol. The van der Waals surface area contributed by atoms with Crippen LogP contribution in [-0.4, -0.2) is 28.2 Å². The molecule has 1 radical (unpaired) electrons. The van der Waals surface area contributed by atoms with Gasteiger partial charge in [0.1, 0.15) is 4.83 Å². The van der Waals surface area contributed by atoms with Crippen molar-refractivity contribution >= 4 is 49.3 Å². The molecule has 0 aliphatic rings. The van der Waals surface area contributed by atoms with Crippen molar-refractivity contribution in [2.45, 2.75) is 109 Å². The summed E-state index contributed by atoms with van der Waals surface area (Å²) in [5, 5.41) is 0.671. The van der Waals surface area contributed by atoms with Gasteiger partial charge in [0, 0.05) is 67.6 Å². The summed E-state index contributed by atoms with van der Waals surface area (Å²) in [6.45, 7) is -16.5. The Morgan fingerprint density at radius 3 is 2.27 bits per heavy atom. The monoisotopic (exact) mass is 960 g/mol. The molecule has 51 heavy (non-hydrogen) atoms. The van der Waals surface area contributed by atoms with Crippen molar-refractivity contribution in [1.29, 1.82) is 0 Å². The number of fused-ring (bicyclic) bond motifs is 3. The number of aromatic nitrogens is 3. The van der Waals surface area contributed by atoms with Gasteiger partial charge in [-0.3, -0.25) is 0 Å². The molecule has 0 fully saturated rings. The molecule has 0 amide bonds. The van der Waals surface area contributed by atoms with Crippen LogP contribution in [0.3, 0.4) is 0 Å². The van der Waals surface area contributed by atoms with E-state index in [1.165, 1.54) is 18.2 Å². The van der Waals surface area contributed by atoms with E-state index in [0.717, 1.165) is 56.9 Å². The molecule has 0 aliphatic heterocycles. The molecule has 3 nitrogen and oxygen atoms in total. The van der Waals surface area contributed by atoms with Gasteiger partial charge in [0.05, 0.1) is 0 Å². The SMILES string of the molecule is [2H]C([2H])([2H])C([2H])([2H])C(c1ccnc(-c2[c-]ccc3c2sc2nc(C(C([2H])([2H])[2H])(C([2H])([2H])[2H])C([2H])([2H])[2H])ccc23)c1)(C([2H])([2H])[2H])C([2H])([2H])C([2H])([2H])[2H].[2H]C([2H])(c1cc(-c2[c-]cccc2)nc[c]1[Ge]([CH3])([CH3])[CH3])C(C)(C)C.[Ir]. The minimum atomic E-state index is -4.03. The van der Waals surface area contributed by atoms with E-state index >= 15 is 0 Å². The maximum Gasteiger partial charge on any atom is 0 e. The van der Waals surface area contributed by atoms with Crippen LogP contribution in [0.1, 0.15) is 124 Å². The summed E-state index contributed by atoms with van der Waals surface area (Å²) in [6.07, 6.45) is -6.64. The van der Waals surface area contributed by atoms with Gasteiger partial charge in [-0.05, 0) is 51.6 Å². The molecule has 0 bridgehead atoms. The Morgan fingerprint density at radius 2 is 1.63 bits per heavy atom. The van der Waals surface area contributed by atoms with Crippen LogP contribution in [0.2, 0.25) is 17.3 Å². The van der Waals surface area contributed by atoms with Crippen LogP contribution in [-0.2, 0) is 37.3 Å². The minimum Gasteiger partial charge on any atom is 0 e. The minimum absolute atomic E-state index is 0. The molecular weight excluding hydrogens is 879 g/mol. The standard InChI is InChI=1S/C26H29N2S.C19H26GeN.Ir/c1-7-26(6,8-2)17-14-15-27-21(16-17)20-11-9-10-18-19-12-13-22(25(3,4)5)28-24(19)29-23(18)20;1-19(2,3)13-16-12-18(15-10-8-7-9-11-15)21-14-17(16)20(4,5)6;/h9-10,12-16H,7-8H2,1-6H3;7-10,12,14H,13H2,1-6H3;/q2*-1;/i1D3,2D3,3D3,4D3,5D3,6D3,7D2,8D2;13D2;. The molecule has 0 spiro atoms. The van der Waals surface area contributed by atoms with Crippen molar-refractivity contribution in [2.24, 2.45) is 5.41 Å². The van der Waals surface area contributed by atoms with Crippen molar-refractivity contribution in [1.82, 2.24) is 15.0 Å². The first kappa shape index (κ1) is 19.1. The van der Waals surface area contributed by atoms with Crippen molar-refractivity contribution in [3.8, 4) is 22.5 Å². The number of hydrogen-bond donors (Lipinski definition) is 0. The summed E-state index contributed by atoms with van der Waals surface area (Å²) in [7, 11) is 0. The van der Waals surface area contributed by atoms with Crippen LogP contribution in [0, 0.1) is 17.5 Å². The molecule has 4 heterocycles. The van der Waals surface area contributed by atoms with Crippen LogP contribution in [0.25, 0.3) is 42.8 Å². The van der Waals surface area contributed by atoms with Crippen LogP contribution in [0.15, 0.2) is 79.1 Å². The number of rotatable bonds is 7. The van der Waals surface area contributed by atoms with E-state index in [1.807, 2.05) is 57.3 Å². The molecule has 6 aromatic rings. The van der Waals surface area contributed by atoms with Crippen molar-refractivity contribution in [3.05, 3.63) is 108 Å². The zero-order valence-electron chi connectivity index (χ0n) is 53.1. The largest absolute Gasteiger partial charge is 0 e. The van der Waals surface area contributed by atoms with Gasteiger partial charge >= 0.3 is 135 Å². The fourth-order valence-electron chi connectivity index (χ4n) is 5.26. The second-order valence-corrected chi connectivity index (χ2v) is 25.5. The summed E-state index contributed by atoms with van der Waals surface area (Å²) in [6, 6.07) is 22.6. The van der Waals surface area contributed by atoms with Gasteiger partial charge in [-0.15, -0.1) is 23.8 Å². The van der Waals surface area contributed by atoms with E-state index in [4.69, 9.17) is 32.9 Å². The van der Waals surface area contributed by atoms with Crippen LogP contribution in [0.5, 0.6) is 0 Å². The Morgan fingerprint density at radius 1 is 0.843 bits per heavy atom. The van der Waals surface area contributed by atoms with Crippen molar-refractivity contribution in [3.63, 3.8) is 0 Å². The third-order valence-corrected chi connectivity index (χ3v) is 13.1. The van der Waals surface area contributed by atoms with Gasteiger partial charge in [0.2, 0.25) is 0 Å². The van der Waals surface area contributed by atoms with Gasteiger partial charge in [-0.1, -0.05) is 58.6 Å². The summed E-state index contributed by atoms with van der Waals surface area (Å²) in [5.41, 5.74) is -7.05. The van der Waals surface area contributed by atoms with Crippen molar-refractivity contribution < 1.29 is 53.0 Å². The smallest absolute Gasteiger partial charge is 0 e. The Bertz CT molecular complexity index is 2930. The number of pyridine rings is 3. The first-order valence-corrected chi connectivity index (χ1v) is 23.9. The first-order chi connectivity index (χ1) is 33.1. The van der Waals surface area contributed by atoms with Gasteiger partial charge < -0.3 is 4.98 Å². The van der Waals surface area contributed by atoms with E-state index in [9.17, 15) is 0 Å². The van der Waals surface area contributed by atoms with E-state index < -0.39 is 101 Å². The van der Waals surface area contributed by atoms with Crippen LogP contribution < -0.4 is 4.40 Å². The van der Waals surface area contributed by atoms with Crippen molar-refractivity contribution in [2.75, 3.05) is 0 Å². The van der Waals surface area contributed by atoms with Crippen LogP contribution >= 0.6 is 11.3 Å². The van der Waals surface area contributed by atoms with Gasteiger partial charge in [0.15, 0.2) is 0 Å². The second-order valence-electron chi connectivity index (χ2n) is 13.9. The third kappa shape index (κ3) is 9.65. The van der Waals surface area contributed by atoms with Gasteiger partial charge in [0.25, 0.3) is 0 Å². The Hall–Kier alpha value is -2.70. The average Bonchev–Trinajstić information content (AvgIpc) is 3.59. The zero-order valence-corrected chi connectivity index (χ0v) is 34.4. The molecule has 0 saturated carbocycles. The normalized spacial score (nSPS) is 21.7. The summed E-state index contributed by atoms with van der Waals surface area (Å²) < 4.78 is 198. The zero-order chi connectivity index (χ0) is 56.9. The Labute approximate surface area is 361 Å². The topological polar surface area (TPSA) is 38.7 Å². The molecule has 4 aromatic heterocycles. The number of nitrogens with zero attached hydrogens (tertiary/aromatic N) is 3. The third-order valence-electron chi connectivity index (χ3n) is 7.71. The number of benzene rings is 2. The molecule has 0 saturated heterocycles. The fourth-order valence-corrected chi connectivity index (χ4v) is 9.36. The summed E-state index contributed by atoms with van der Waals surface area (Å²) in [5.74, 6) is 6.86. The molecule has 0 unspecified atom stereocenters. The molecule has 0 aliphatic carbocycles. The summed E-state index contributed by atoms with van der Waals surface area (Å²) >= 11 is -1.43. The van der Waals surface area contributed by atoms with E-state index in [1.54, 1.807) is 0 Å². The maximum atomic E-state index is 8.76. The van der Waals surface area contributed by atoms with E-state index in [2.05, 4.69) is 44.4 Å². The van der Waals surface area contributed by atoms with Gasteiger partial charge in [-0.25, -0.2) is 4.98 Å². The van der Waals surface area contributed by atoms with E-state index in [0.29, 0.717) is 10.8 Å². The molecular formula is C45H55GeIrN3S-2. The maximum absolute atomic E-state index is 8.76. The average molecular weight is 959 g/mol. The predicted octanol–water partition coefficient (Wildman–Crippen LogP) is 12.4. The second kappa shape index (κ2) is 16.1. The van der Waals surface area contributed by atoms with Gasteiger partial charge in [-0.2, -0.15) is 11.3 Å². The Balaban J connectivity index is 0.000000423. The first-order valence-electron chi connectivity index (χ1n) is 27.8. The van der Waals surface area contributed by atoms with E-state index in [-0.39, 0.29) is 40.9 Å². The molecule has 0 atom stereocenters. The summed E-state index contributed by atoms with van der Waals surface area (Å²) in [4.78, 5) is 13.0. The quantitative estimate of drug-likeness (QED) is 0.118. The molecule has 6 rings (SSSR count). The fraction of sp³-hybridized carbons (Fsp3) is 0.400. The van der Waals surface area contributed by atoms with Crippen LogP contribution in [0.4, 0.5) is 0 Å². The number of thiophene rings is 1. The number of hydrogen-bond acceptors (Lipinski definition) is 4.